The van der Waals surface area contributed by atoms with Crippen LogP contribution in [0.25, 0.3) is 0 Å². The summed E-state index contributed by atoms with van der Waals surface area (Å²) >= 11 is 5.16. The Morgan fingerprint density at radius 1 is 1.46 bits per heavy atom. The number of hydrogen-bond acceptors (Lipinski definition) is 3. The van der Waals surface area contributed by atoms with E-state index in [0.717, 1.165) is 0 Å². The van der Waals surface area contributed by atoms with Crippen molar-refractivity contribution in [3.63, 3.8) is 0 Å². The van der Waals surface area contributed by atoms with Gasteiger partial charge in [0.25, 0.3) is 0 Å². The van der Waals surface area contributed by atoms with Gasteiger partial charge < -0.3 is 10.1 Å². The quantitative estimate of drug-likeness (QED) is 0.497. The molecule has 0 aromatic carbocycles. The van der Waals surface area contributed by atoms with Gasteiger partial charge in [-0.15, -0.1) is 11.6 Å². The van der Waals surface area contributed by atoms with E-state index in [0.29, 0.717) is 19.8 Å². The second kappa shape index (κ2) is 7.82. The van der Waals surface area contributed by atoms with Crippen LogP contribution in [0.3, 0.4) is 0 Å². The van der Waals surface area contributed by atoms with Crippen LogP contribution < -0.4 is 10.6 Å². The Kier molecular flexibility index (Phi) is 7.33. The van der Waals surface area contributed by atoms with Crippen LogP contribution in [0.2, 0.25) is 0 Å². The highest BCUT2D eigenvalue weighted by molar-refractivity contribution is 6.28. The third-order valence-electron chi connectivity index (χ3n) is 1.11. The Bertz CT molecular complexity index is 175. The molecule has 13 heavy (non-hydrogen) atoms. The van der Waals surface area contributed by atoms with Gasteiger partial charge in [-0.1, -0.05) is 0 Å². The molecule has 0 fully saturated rings. The smallest absolute Gasteiger partial charge is 0.321 e. The summed E-state index contributed by atoms with van der Waals surface area (Å²) in [6.07, 6.45) is 0. The first-order chi connectivity index (χ1) is 6.20. The fraction of sp³-hybridized carbons (Fsp3) is 0.714. The van der Waals surface area contributed by atoms with E-state index in [4.69, 9.17) is 16.3 Å². The first kappa shape index (κ1) is 12.2. The highest BCUT2D eigenvalue weighted by atomic mass is 35.5. The average Bonchev–Trinajstić information content (AvgIpc) is 2.12. The van der Waals surface area contributed by atoms with Crippen molar-refractivity contribution < 1.29 is 14.3 Å². The number of alkyl halides is 1. The summed E-state index contributed by atoms with van der Waals surface area (Å²) < 4.78 is 4.96. The fourth-order valence-corrected chi connectivity index (χ4v) is 0.652. The van der Waals surface area contributed by atoms with Crippen LogP contribution in [-0.4, -0.2) is 37.6 Å². The van der Waals surface area contributed by atoms with Crippen LogP contribution in [0.15, 0.2) is 0 Å². The molecule has 0 aromatic heterocycles. The number of carbonyl (C=O) groups is 2. The molecule has 0 saturated carbocycles. The van der Waals surface area contributed by atoms with E-state index in [-0.39, 0.29) is 5.88 Å². The van der Waals surface area contributed by atoms with E-state index < -0.39 is 11.9 Å². The van der Waals surface area contributed by atoms with Crippen molar-refractivity contribution in [1.29, 1.82) is 0 Å². The lowest BCUT2D eigenvalue weighted by Crippen LogP contribution is -2.41. The van der Waals surface area contributed by atoms with Gasteiger partial charge in [0.05, 0.1) is 6.61 Å². The summed E-state index contributed by atoms with van der Waals surface area (Å²) in [4.78, 5) is 21.4. The number of rotatable bonds is 5. The highest BCUT2D eigenvalue weighted by Gasteiger charge is 2.03. The Balaban J connectivity index is 3.35. The molecule has 6 heteroatoms. The van der Waals surface area contributed by atoms with Gasteiger partial charge in [0, 0.05) is 13.2 Å². The maximum Gasteiger partial charge on any atom is 0.321 e. The van der Waals surface area contributed by atoms with Gasteiger partial charge >= 0.3 is 6.03 Å². The Morgan fingerprint density at radius 3 is 2.69 bits per heavy atom. The minimum absolute atomic E-state index is 0.223. The van der Waals surface area contributed by atoms with Gasteiger partial charge in [0.1, 0.15) is 5.88 Å². The molecule has 2 N–H and O–H groups in total. The van der Waals surface area contributed by atoms with Crippen LogP contribution in [0.1, 0.15) is 6.92 Å². The minimum atomic E-state index is -0.551. The second-order valence-electron chi connectivity index (χ2n) is 2.13. The molecule has 0 aliphatic rings. The van der Waals surface area contributed by atoms with Crippen LogP contribution in [0, 0.1) is 0 Å². The van der Waals surface area contributed by atoms with E-state index in [1.165, 1.54) is 0 Å². The molecule has 0 atom stereocenters. The Morgan fingerprint density at radius 2 is 2.15 bits per heavy atom. The van der Waals surface area contributed by atoms with E-state index in [1.54, 1.807) is 0 Å². The maximum atomic E-state index is 10.8. The molecule has 0 aliphatic heterocycles. The SMILES string of the molecule is CCOCCNC(=O)NC(=O)CCl. The second-order valence-corrected chi connectivity index (χ2v) is 2.40. The van der Waals surface area contributed by atoms with Crippen LogP contribution in [0.5, 0.6) is 0 Å². The van der Waals surface area contributed by atoms with E-state index in [1.807, 2.05) is 12.2 Å². The summed E-state index contributed by atoms with van der Waals surface area (Å²) in [5.74, 6) is -0.741. The fourth-order valence-electron chi connectivity index (χ4n) is 0.585. The number of amides is 3. The number of halogens is 1. The minimum Gasteiger partial charge on any atom is -0.380 e. The van der Waals surface area contributed by atoms with Crippen molar-refractivity contribution >= 4 is 23.5 Å². The molecule has 3 amide bonds. The maximum absolute atomic E-state index is 10.8. The van der Waals surface area contributed by atoms with Crippen molar-refractivity contribution in [2.45, 2.75) is 6.92 Å². The third kappa shape index (κ3) is 7.55. The summed E-state index contributed by atoms with van der Waals surface area (Å²) in [6, 6.07) is -0.551. The summed E-state index contributed by atoms with van der Waals surface area (Å²) in [7, 11) is 0. The van der Waals surface area contributed by atoms with Crippen molar-refractivity contribution in [3.05, 3.63) is 0 Å². The third-order valence-corrected chi connectivity index (χ3v) is 1.35. The standard InChI is InChI=1S/C7H13ClN2O3/c1-2-13-4-3-9-7(12)10-6(11)5-8/h2-5H2,1H3,(H2,9,10,11,12). The Labute approximate surface area is 81.8 Å². The van der Waals surface area contributed by atoms with E-state index in [9.17, 15) is 9.59 Å². The average molecular weight is 209 g/mol. The molecule has 0 spiro atoms. The van der Waals surface area contributed by atoms with Crippen molar-refractivity contribution in [2.75, 3.05) is 25.6 Å². The number of imide groups is 1. The lowest BCUT2D eigenvalue weighted by atomic mass is 10.6. The molecule has 0 unspecified atom stereocenters. The number of ether oxygens (including phenoxy) is 1. The molecule has 0 saturated heterocycles. The largest absolute Gasteiger partial charge is 0.380 e. The number of hydrogen-bond donors (Lipinski definition) is 2. The predicted octanol–water partition coefficient (Wildman–Crippen LogP) is 0.0875. The molecule has 5 nitrogen and oxygen atoms in total. The van der Waals surface area contributed by atoms with Crippen molar-refractivity contribution in [3.8, 4) is 0 Å². The van der Waals surface area contributed by atoms with Crippen molar-refractivity contribution in [2.24, 2.45) is 0 Å². The van der Waals surface area contributed by atoms with Gasteiger partial charge in [-0.2, -0.15) is 0 Å². The van der Waals surface area contributed by atoms with E-state index in [2.05, 4.69) is 5.32 Å². The molecule has 0 heterocycles. The number of urea groups is 1. The van der Waals surface area contributed by atoms with Gasteiger partial charge in [0.15, 0.2) is 0 Å². The molecule has 0 aromatic rings. The normalized spacial score (nSPS) is 9.38. The summed E-state index contributed by atoms with van der Waals surface area (Å²) in [5, 5.41) is 4.46. The van der Waals surface area contributed by atoms with Gasteiger partial charge in [-0.05, 0) is 6.92 Å². The zero-order chi connectivity index (χ0) is 10.1. The zero-order valence-corrected chi connectivity index (χ0v) is 8.19. The molecule has 0 rings (SSSR count). The molecule has 76 valence electrons. The van der Waals surface area contributed by atoms with Gasteiger partial charge in [-0.25, -0.2) is 4.79 Å². The van der Waals surface area contributed by atoms with Crippen LogP contribution >= 0.6 is 11.6 Å². The molecule has 0 aliphatic carbocycles. The van der Waals surface area contributed by atoms with Gasteiger partial charge in [0.2, 0.25) is 5.91 Å². The molecular weight excluding hydrogens is 196 g/mol. The number of nitrogens with one attached hydrogen (secondary N) is 2. The lowest BCUT2D eigenvalue weighted by molar-refractivity contribution is -0.117. The van der Waals surface area contributed by atoms with Crippen LogP contribution in [0.4, 0.5) is 4.79 Å². The van der Waals surface area contributed by atoms with Gasteiger partial charge in [-0.3, -0.25) is 10.1 Å². The topological polar surface area (TPSA) is 67.4 Å². The molecule has 0 bridgehead atoms. The zero-order valence-electron chi connectivity index (χ0n) is 7.43. The van der Waals surface area contributed by atoms with Crippen molar-refractivity contribution in [1.82, 2.24) is 10.6 Å². The summed E-state index contributed by atoms with van der Waals surface area (Å²) in [6.45, 7) is 3.26. The first-order valence-electron chi connectivity index (χ1n) is 3.92. The number of carbonyl (C=O) groups excluding carboxylic acids is 2. The Hall–Kier alpha value is -0.810. The monoisotopic (exact) mass is 208 g/mol. The first-order valence-corrected chi connectivity index (χ1v) is 4.45. The molecular formula is C7H13ClN2O3. The van der Waals surface area contributed by atoms with E-state index >= 15 is 0 Å². The summed E-state index contributed by atoms with van der Waals surface area (Å²) in [5.41, 5.74) is 0. The molecule has 0 radical (unpaired) electrons. The predicted molar refractivity (Wildman–Crippen MR) is 48.8 cm³/mol. The lowest BCUT2D eigenvalue weighted by Gasteiger charge is -2.04. The van der Waals surface area contributed by atoms with Crippen LogP contribution in [-0.2, 0) is 9.53 Å². The highest BCUT2D eigenvalue weighted by Crippen LogP contribution is 1.75.